The van der Waals surface area contributed by atoms with Gasteiger partial charge in [-0.2, -0.15) is 0 Å². The molecule has 1 saturated heterocycles. The molecule has 1 aromatic carbocycles. The normalized spacial score (nSPS) is 20.3. The van der Waals surface area contributed by atoms with E-state index in [-0.39, 0.29) is 11.9 Å². The minimum Gasteiger partial charge on any atom is -0.337 e. The number of hydrogen-bond acceptors (Lipinski definition) is 4. The van der Waals surface area contributed by atoms with Gasteiger partial charge in [0.05, 0.1) is 0 Å². The Hall–Kier alpha value is -2.43. The largest absolute Gasteiger partial charge is 0.337 e. The van der Waals surface area contributed by atoms with Gasteiger partial charge in [0, 0.05) is 30.5 Å². The first-order valence-electron chi connectivity index (χ1n) is 9.55. The summed E-state index contributed by atoms with van der Waals surface area (Å²) in [5.41, 5.74) is 3.80. The molecule has 5 nitrogen and oxygen atoms in total. The van der Waals surface area contributed by atoms with E-state index in [1.165, 1.54) is 5.56 Å². The van der Waals surface area contributed by atoms with E-state index in [0.717, 1.165) is 43.7 Å². The summed E-state index contributed by atoms with van der Waals surface area (Å²) in [5.74, 6) is 1.36. The maximum Gasteiger partial charge on any atom is 0.272 e. The summed E-state index contributed by atoms with van der Waals surface area (Å²) in [7, 11) is 0. The van der Waals surface area contributed by atoms with E-state index < -0.39 is 0 Å². The topological polar surface area (TPSA) is 49.3 Å². The molecule has 1 aromatic heterocycles. The molecule has 3 heterocycles. The van der Waals surface area contributed by atoms with Crippen molar-refractivity contribution < 1.29 is 4.79 Å². The molecule has 0 radical (unpaired) electrons. The van der Waals surface area contributed by atoms with E-state index in [0.29, 0.717) is 17.6 Å². The lowest BCUT2D eigenvalue weighted by atomic mass is 9.99. The molecule has 4 rings (SSSR count). The van der Waals surface area contributed by atoms with Crippen LogP contribution in [0.3, 0.4) is 0 Å². The minimum atomic E-state index is 0.0313. The molecule has 2 aromatic rings. The Morgan fingerprint density at radius 3 is 2.62 bits per heavy atom. The highest BCUT2D eigenvalue weighted by Crippen LogP contribution is 2.36. The molecule has 5 heteroatoms. The van der Waals surface area contributed by atoms with Crippen molar-refractivity contribution >= 4 is 17.5 Å². The summed E-state index contributed by atoms with van der Waals surface area (Å²) >= 11 is 0. The average Bonchev–Trinajstić information content (AvgIpc) is 2.97. The van der Waals surface area contributed by atoms with Gasteiger partial charge < -0.3 is 9.80 Å². The Labute approximate surface area is 155 Å². The Bertz CT molecular complexity index is 827. The molecule has 1 amide bonds. The fourth-order valence-corrected chi connectivity index (χ4v) is 4.01. The van der Waals surface area contributed by atoms with Gasteiger partial charge in [-0.25, -0.2) is 9.97 Å². The molecule has 2 aliphatic heterocycles. The highest BCUT2D eigenvalue weighted by atomic mass is 16.2. The molecular weight excluding hydrogens is 324 g/mol. The Morgan fingerprint density at radius 1 is 1.12 bits per heavy atom. The van der Waals surface area contributed by atoms with Crippen LogP contribution in [0, 0.1) is 12.8 Å². The van der Waals surface area contributed by atoms with Gasteiger partial charge in [-0.1, -0.05) is 25.1 Å². The third kappa shape index (κ3) is 3.06. The zero-order valence-corrected chi connectivity index (χ0v) is 15.8. The molecule has 1 atom stereocenters. The van der Waals surface area contributed by atoms with Crippen LogP contribution in [-0.2, 0) is 6.42 Å². The quantitative estimate of drug-likeness (QED) is 0.828. The molecule has 26 heavy (non-hydrogen) atoms. The molecule has 0 saturated carbocycles. The number of aromatic nitrogens is 2. The van der Waals surface area contributed by atoms with E-state index in [9.17, 15) is 4.79 Å². The second kappa shape index (κ2) is 6.71. The van der Waals surface area contributed by atoms with E-state index >= 15 is 0 Å². The maximum atomic E-state index is 13.0. The lowest BCUT2D eigenvalue weighted by Gasteiger charge is -2.30. The first-order valence-corrected chi connectivity index (χ1v) is 9.55. The predicted octanol–water partition coefficient (Wildman–Crippen LogP) is 3.74. The van der Waals surface area contributed by atoms with Crippen LogP contribution in [0.25, 0.3) is 0 Å². The van der Waals surface area contributed by atoms with E-state index in [1.807, 2.05) is 24.0 Å². The Balaban J connectivity index is 1.66. The number of aryl methyl sites for hydroxylation is 1. The maximum absolute atomic E-state index is 13.0. The van der Waals surface area contributed by atoms with Crippen LogP contribution in [0.5, 0.6) is 0 Å². The van der Waals surface area contributed by atoms with Crippen molar-refractivity contribution in [2.45, 2.75) is 46.1 Å². The number of para-hydroxylation sites is 1. The number of benzene rings is 1. The summed E-state index contributed by atoms with van der Waals surface area (Å²) < 4.78 is 0. The van der Waals surface area contributed by atoms with Crippen LogP contribution in [0.4, 0.5) is 11.6 Å². The molecule has 0 aliphatic carbocycles. The van der Waals surface area contributed by atoms with Crippen molar-refractivity contribution in [1.29, 1.82) is 0 Å². The van der Waals surface area contributed by atoms with Gasteiger partial charge in [0.2, 0.25) is 5.95 Å². The number of fused-ring (bicyclic) bond motifs is 1. The summed E-state index contributed by atoms with van der Waals surface area (Å²) in [4.78, 5) is 26.4. The van der Waals surface area contributed by atoms with Crippen LogP contribution in [0.2, 0.25) is 0 Å². The van der Waals surface area contributed by atoms with Crippen LogP contribution < -0.4 is 4.90 Å². The van der Waals surface area contributed by atoms with Gasteiger partial charge in [0.25, 0.3) is 5.91 Å². The van der Waals surface area contributed by atoms with Gasteiger partial charge >= 0.3 is 0 Å². The van der Waals surface area contributed by atoms with Crippen molar-refractivity contribution in [1.82, 2.24) is 14.9 Å². The Morgan fingerprint density at radius 2 is 1.85 bits per heavy atom. The molecule has 0 bridgehead atoms. The van der Waals surface area contributed by atoms with Crippen molar-refractivity contribution in [2.24, 2.45) is 5.92 Å². The van der Waals surface area contributed by atoms with Gasteiger partial charge in [0.1, 0.15) is 5.69 Å². The second-order valence-corrected chi connectivity index (χ2v) is 7.72. The lowest BCUT2D eigenvalue weighted by Crippen LogP contribution is -2.38. The molecule has 136 valence electrons. The number of rotatable bonds is 2. The number of carbonyl (C=O) groups excluding carboxylic acids is 1. The highest BCUT2D eigenvalue weighted by molar-refractivity contribution is 5.93. The van der Waals surface area contributed by atoms with Crippen LogP contribution >= 0.6 is 0 Å². The molecule has 2 aliphatic rings. The van der Waals surface area contributed by atoms with Crippen LogP contribution in [-0.4, -0.2) is 39.9 Å². The van der Waals surface area contributed by atoms with Crippen molar-refractivity contribution in [3.8, 4) is 0 Å². The SMILES string of the molecule is Cc1cc(C(=O)N2CCC(C)CC2)nc(N2c3ccccc3CC2C)n1. The van der Waals surface area contributed by atoms with Gasteiger partial charge in [-0.15, -0.1) is 0 Å². The first kappa shape index (κ1) is 17.0. The van der Waals surface area contributed by atoms with E-state index in [2.05, 4.69) is 46.9 Å². The highest BCUT2D eigenvalue weighted by Gasteiger charge is 2.30. The van der Waals surface area contributed by atoms with E-state index in [4.69, 9.17) is 0 Å². The summed E-state index contributed by atoms with van der Waals surface area (Å²) in [6.07, 6.45) is 3.11. The average molecular weight is 350 g/mol. The van der Waals surface area contributed by atoms with Crippen molar-refractivity contribution in [3.63, 3.8) is 0 Å². The van der Waals surface area contributed by atoms with Crippen LogP contribution in [0.15, 0.2) is 30.3 Å². The van der Waals surface area contributed by atoms with Crippen molar-refractivity contribution in [2.75, 3.05) is 18.0 Å². The standard InChI is InChI=1S/C21H26N4O/c1-14-8-10-24(11-9-14)20(26)18-12-15(2)22-21(23-18)25-16(3)13-17-6-4-5-7-19(17)25/h4-7,12,14,16H,8-11,13H2,1-3H3. The minimum absolute atomic E-state index is 0.0313. The third-order valence-electron chi connectivity index (χ3n) is 5.56. The molecular formula is C21H26N4O. The third-order valence-corrected chi connectivity index (χ3v) is 5.56. The van der Waals surface area contributed by atoms with Gasteiger partial charge in [-0.05, 0) is 56.7 Å². The fourth-order valence-electron chi connectivity index (χ4n) is 4.01. The Kier molecular flexibility index (Phi) is 4.39. The first-order chi connectivity index (χ1) is 12.5. The fraction of sp³-hybridized carbons (Fsp3) is 0.476. The predicted molar refractivity (Wildman–Crippen MR) is 103 cm³/mol. The number of amides is 1. The number of piperidine rings is 1. The summed E-state index contributed by atoms with van der Waals surface area (Å²) in [6.45, 7) is 8.01. The van der Waals surface area contributed by atoms with E-state index in [1.54, 1.807) is 0 Å². The molecule has 1 fully saturated rings. The smallest absolute Gasteiger partial charge is 0.272 e. The zero-order chi connectivity index (χ0) is 18.3. The number of nitrogens with zero attached hydrogens (tertiary/aromatic N) is 4. The summed E-state index contributed by atoms with van der Waals surface area (Å²) in [6, 6.07) is 10.5. The molecule has 1 unspecified atom stereocenters. The molecule has 0 N–H and O–H groups in total. The number of carbonyl (C=O) groups is 1. The summed E-state index contributed by atoms with van der Waals surface area (Å²) in [5, 5.41) is 0. The molecule has 0 spiro atoms. The van der Waals surface area contributed by atoms with Gasteiger partial charge in [-0.3, -0.25) is 4.79 Å². The second-order valence-electron chi connectivity index (χ2n) is 7.72. The van der Waals surface area contributed by atoms with Crippen LogP contribution in [0.1, 0.15) is 48.4 Å². The monoisotopic (exact) mass is 350 g/mol. The number of hydrogen-bond donors (Lipinski definition) is 0. The zero-order valence-electron chi connectivity index (χ0n) is 15.8. The number of likely N-dealkylation sites (tertiary alicyclic amines) is 1. The van der Waals surface area contributed by atoms with Gasteiger partial charge in [0.15, 0.2) is 0 Å². The lowest BCUT2D eigenvalue weighted by molar-refractivity contribution is 0.0691. The van der Waals surface area contributed by atoms with Crippen molar-refractivity contribution in [3.05, 3.63) is 47.3 Å². The number of anilines is 2.